The van der Waals surface area contributed by atoms with E-state index in [-0.39, 0.29) is 12.4 Å². The molecule has 19 heavy (non-hydrogen) atoms. The van der Waals surface area contributed by atoms with Crippen molar-refractivity contribution in [3.8, 4) is 0 Å². The minimum Gasteiger partial charge on any atom is -0.350 e. The third-order valence-corrected chi connectivity index (χ3v) is 4.05. The van der Waals surface area contributed by atoms with Crippen LogP contribution in [0.25, 0.3) is 10.9 Å². The van der Waals surface area contributed by atoms with Gasteiger partial charge in [-0.15, -0.1) is 23.7 Å². The van der Waals surface area contributed by atoms with E-state index in [1.165, 1.54) is 21.3 Å². The van der Waals surface area contributed by atoms with Crippen LogP contribution >= 0.6 is 23.7 Å². The Morgan fingerprint density at radius 1 is 1.11 bits per heavy atom. The lowest BCUT2D eigenvalue weighted by atomic mass is 10.2. The summed E-state index contributed by atoms with van der Waals surface area (Å²) in [6.07, 6.45) is 2.21. The van der Waals surface area contributed by atoms with Gasteiger partial charge in [-0.1, -0.05) is 24.3 Å². The Morgan fingerprint density at radius 3 is 2.74 bits per heavy atom. The highest BCUT2D eigenvalue weighted by Crippen LogP contribution is 2.20. The smallest absolute Gasteiger partial charge is 0.0481 e. The van der Waals surface area contributed by atoms with Crippen LogP contribution in [0.15, 0.2) is 48.0 Å². The molecule has 3 aromatic rings. The van der Waals surface area contributed by atoms with Crippen LogP contribution in [0.1, 0.15) is 10.4 Å². The van der Waals surface area contributed by atoms with Crippen LogP contribution in [0.4, 0.5) is 0 Å². The molecule has 0 aliphatic carbocycles. The Labute approximate surface area is 123 Å². The average Bonchev–Trinajstić information content (AvgIpc) is 3.00. The standard InChI is InChI=1S/C15H16N2S.ClH/c1-17-11-12(14-6-2-3-7-15(14)17)9-16-10-13-5-4-8-18-13;/h2-8,11,16H,9-10H2,1H3;1H. The van der Waals surface area contributed by atoms with E-state index in [4.69, 9.17) is 0 Å². The Morgan fingerprint density at radius 2 is 1.95 bits per heavy atom. The van der Waals surface area contributed by atoms with E-state index in [0.29, 0.717) is 0 Å². The topological polar surface area (TPSA) is 17.0 Å². The van der Waals surface area contributed by atoms with Crippen molar-refractivity contribution in [2.45, 2.75) is 13.1 Å². The van der Waals surface area contributed by atoms with Crippen LogP contribution in [-0.2, 0) is 20.1 Å². The minimum atomic E-state index is 0. The molecule has 0 aliphatic heterocycles. The first kappa shape index (κ1) is 14.1. The van der Waals surface area contributed by atoms with Gasteiger partial charge < -0.3 is 9.88 Å². The van der Waals surface area contributed by atoms with E-state index in [2.05, 4.69) is 64.9 Å². The molecule has 0 bridgehead atoms. The van der Waals surface area contributed by atoms with Crippen LogP contribution in [-0.4, -0.2) is 4.57 Å². The van der Waals surface area contributed by atoms with Crippen molar-refractivity contribution >= 4 is 34.6 Å². The van der Waals surface area contributed by atoms with Crippen molar-refractivity contribution in [1.82, 2.24) is 9.88 Å². The highest BCUT2D eigenvalue weighted by Gasteiger charge is 2.05. The van der Waals surface area contributed by atoms with E-state index >= 15 is 0 Å². The number of nitrogens with one attached hydrogen (secondary N) is 1. The third kappa shape index (κ3) is 3.00. The Balaban J connectivity index is 0.00000133. The summed E-state index contributed by atoms with van der Waals surface area (Å²) in [5.74, 6) is 0. The van der Waals surface area contributed by atoms with E-state index < -0.39 is 0 Å². The number of aromatic nitrogens is 1. The van der Waals surface area contributed by atoms with E-state index in [0.717, 1.165) is 13.1 Å². The normalized spacial score (nSPS) is 10.6. The average molecular weight is 293 g/mol. The van der Waals surface area contributed by atoms with Gasteiger partial charge in [0.2, 0.25) is 0 Å². The van der Waals surface area contributed by atoms with E-state index in [1.807, 2.05) is 0 Å². The number of hydrogen-bond acceptors (Lipinski definition) is 2. The maximum absolute atomic E-state index is 3.51. The highest BCUT2D eigenvalue weighted by atomic mass is 35.5. The zero-order valence-corrected chi connectivity index (χ0v) is 12.4. The number of halogens is 1. The molecule has 2 heterocycles. The predicted octanol–water partition coefficient (Wildman–Crippen LogP) is 3.95. The van der Waals surface area contributed by atoms with Gasteiger partial charge in [0.25, 0.3) is 0 Å². The van der Waals surface area contributed by atoms with Gasteiger partial charge in [-0.2, -0.15) is 0 Å². The molecule has 0 fully saturated rings. The summed E-state index contributed by atoms with van der Waals surface area (Å²) in [5.41, 5.74) is 2.66. The van der Waals surface area contributed by atoms with Gasteiger partial charge in [0.1, 0.15) is 0 Å². The van der Waals surface area contributed by atoms with Crippen LogP contribution in [0.3, 0.4) is 0 Å². The molecule has 100 valence electrons. The Bertz CT molecular complexity index is 643. The molecule has 3 rings (SSSR count). The molecule has 0 atom stereocenters. The van der Waals surface area contributed by atoms with Gasteiger partial charge in [-0.25, -0.2) is 0 Å². The molecule has 1 aromatic carbocycles. The summed E-state index contributed by atoms with van der Waals surface area (Å²) in [6, 6.07) is 12.8. The number of rotatable bonds is 4. The van der Waals surface area contributed by atoms with Crippen LogP contribution < -0.4 is 5.32 Å². The second kappa shape index (κ2) is 6.24. The number of para-hydroxylation sites is 1. The number of fused-ring (bicyclic) bond motifs is 1. The van der Waals surface area contributed by atoms with Gasteiger partial charge in [0, 0.05) is 42.1 Å². The molecule has 2 nitrogen and oxygen atoms in total. The lowest BCUT2D eigenvalue weighted by Gasteiger charge is -2.01. The largest absolute Gasteiger partial charge is 0.350 e. The van der Waals surface area contributed by atoms with Crippen LogP contribution in [0.2, 0.25) is 0 Å². The molecular weight excluding hydrogens is 276 g/mol. The first-order chi connectivity index (χ1) is 8.84. The molecule has 0 spiro atoms. The van der Waals surface area contributed by atoms with E-state index in [9.17, 15) is 0 Å². The summed E-state index contributed by atoms with van der Waals surface area (Å²) >= 11 is 1.80. The molecule has 0 aliphatic rings. The molecule has 0 radical (unpaired) electrons. The lowest BCUT2D eigenvalue weighted by Crippen LogP contribution is -2.11. The van der Waals surface area contributed by atoms with E-state index in [1.54, 1.807) is 11.3 Å². The van der Waals surface area contributed by atoms with Gasteiger partial charge in [-0.05, 0) is 23.1 Å². The van der Waals surface area contributed by atoms with Crippen molar-refractivity contribution in [3.05, 3.63) is 58.4 Å². The number of aryl methyl sites for hydroxylation is 1. The van der Waals surface area contributed by atoms with Gasteiger partial charge in [0.05, 0.1) is 0 Å². The number of benzene rings is 1. The summed E-state index contributed by atoms with van der Waals surface area (Å²) in [4.78, 5) is 1.38. The summed E-state index contributed by atoms with van der Waals surface area (Å²) < 4.78 is 2.19. The number of hydrogen-bond donors (Lipinski definition) is 1. The molecule has 0 saturated heterocycles. The second-order valence-corrected chi connectivity index (χ2v) is 5.50. The number of nitrogens with zero attached hydrogens (tertiary/aromatic N) is 1. The SMILES string of the molecule is Cl.Cn1cc(CNCc2cccs2)c2ccccc21. The molecule has 2 aromatic heterocycles. The Kier molecular flexibility index (Phi) is 4.64. The van der Waals surface area contributed by atoms with Crippen molar-refractivity contribution in [2.24, 2.45) is 7.05 Å². The third-order valence-electron chi connectivity index (χ3n) is 3.17. The van der Waals surface area contributed by atoms with Crippen LogP contribution in [0.5, 0.6) is 0 Å². The summed E-state index contributed by atoms with van der Waals surface area (Å²) in [7, 11) is 2.10. The van der Waals surface area contributed by atoms with Gasteiger partial charge >= 0.3 is 0 Å². The fourth-order valence-corrected chi connectivity index (χ4v) is 2.97. The molecule has 0 amide bonds. The molecule has 0 unspecified atom stereocenters. The first-order valence-corrected chi connectivity index (χ1v) is 6.98. The molecular formula is C15H17ClN2S. The van der Waals surface area contributed by atoms with Crippen molar-refractivity contribution in [3.63, 3.8) is 0 Å². The predicted molar refractivity (Wildman–Crippen MR) is 85.0 cm³/mol. The van der Waals surface area contributed by atoms with Crippen LogP contribution in [0, 0.1) is 0 Å². The fraction of sp³-hybridized carbons (Fsp3) is 0.200. The first-order valence-electron chi connectivity index (χ1n) is 6.10. The summed E-state index contributed by atoms with van der Waals surface area (Å²) in [6.45, 7) is 1.86. The fourth-order valence-electron chi connectivity index (χ4n) is 2.30. The van der Waals surface area contributed by atoms with Crippen molar-refractivity contribution < 1.29 is 0 Å². The van der Waals surface area contributed by atoms with Crippen molar-refractivity contribution in [2.75, 3.05) is 0 Å². The second-order valence-electron chi connectivity index (χ2n) is 4.47. The quantitative estimate of drug-likeness (QED) is 0.770. The van der Waals surface area contributed by atoms with Gasteiger partial charge in [-0.3, -0.25) is 0 Å². The Hall–Kier alpha value is -1.29. The molecule has 4 heteroatoms. The molecule has 0 saturated carbocycles. The maximum Gasteiger partial charge on any atom is 0.0481 e. The summed E-state index contributed by atoms with van der Waals surface area (Å²) in [5, 5.41) is 6.97. The molecule has 1 N–H and O–H groups in total. The zero-order valence-electron chi connectivity index (χ0n) is 10.8. The zero-order chi connectivity index (χ0) is 12.4. The van der Waals surface area contributed by atoms with Gasteiger partial charge in [0.15, 0.2) is 0 Å². The minimum absolute atomic E-state index is 0. The van der Waals surface area contributed by atoms with Crippen molar-refractivity contribution in [1.29, 1.82) is 0 Å². The monoisotopic (exact) mass is 292 g/mol. The number of thiophene rings is 1. The lowest BCUT2D eigenvalue weighted by molar-refractivity contribution is 0.702. The maximum atomic E-state index is 3.51. The highest BCUT2D eigenvalue weighted by molar-refractivity contribution is 7.09.